The third-order valence-electron chi connectivity index (χ3n) is 2.75. The summed E-state index contributed by atoms with van der Waals surface area (Å²) in [6.07, 6.45) is 1.67. The predicted octanol–water partition coefficient (Wildman–Crippen LogP) is 2.79. The first-order valence-electron chi connectivity index (χ1n) is 6.06. The topological polar surface area (TPSA) is 63.8 Å². The summed E-state index contributed by atoms with van der Waals surface area (Å²) in [5.41, 5.74) is 8.00. The molecule has 0 atom stereocenters. The number of nitrogens with two attached hydrogens (primary N) is 1. The molecule has 3 N–H and O–H groups in total. The third-order valence-corrected chi connectivity index (χ3v) is 2.75. The van der Waals surface area contributed by atoms with Crippen molar-refractivity contribution in [2.45, 2.75) is 26.3 Å². The van der Waals surface area contributed by atoms with Gasteiger partial charge in [0.25, 0.3) is 0 Å². The molecule has 18 heavy (non-hydrogen) atoms. The molecule has 0 radical (unpaired) electrons. The van der Waals surface area contributed by atoms with Gasteiger partial charge in [0, 0.05) is 11.9 Å². The predicted molar refractivity (Wildman–Crippen MR) is 74.3 cm³/mol. The van der Waals surface area contributed by atoms with Crippen molar-refractivity contribution >= 4 is 11.5 Å². The Labute approximate surface area is 107 Å². The van der Waals surface area contributed by atoms with E-state index < -0.39 is 0 Å². The number of nitrogens with zero attached hydrogens (tertiary/aromatic N) is 2. The van der Waals surface area contributed by atoms with Crippen molar-refractivity contribution in [1.82, 2.24) is 9.97 Å². The van der Waals surface area contributed by atoms with Gasteiger partial charge in [-0.2, -0.15) is 0 Å². The molecule has 2 rings (SSSR count). The van der Waals surface area contributed by atoms with Crippen LogP contribution in [0.1, 0.15) is 31.2 Å². The first-order chi connectivity index (χ1) is 8.65. The highest BCUT2D eigenvalue weighted by molar-refractivity contribution is 5.45. The van der Waals surface area contributed by atoms with Crippen LogP contribution in [-0.4, -0.2) is 9.97 Å². The normalized spacial score (nSPS) is 10.6. The van der Waals surface area contributed by atoms with Crippen LogP contribution in [-0.2, 0) is 6.54 Å². The number of nitrogen functional groups attached to an aromatic ring is 1. The van der Waals surface area contributed by atoms with Crippen LogP contribution in [0.15, 0.2) is 36.5 Å². The van der Waals surface area contributed by atoms with Crippen molar-refractivity contribution in [1.29, 1.82) is 0 Å². The highest BCUT2D eigenvalue weighted by Crippen LogP contribution is 2.17. The summed E-state index contributed by atoms with van der Waals surface area (Å²) >= 11 is 0. The number of benzene rings is 1. The van der Waals surface area contributed by atoms with Crippen molar-refractivity contribution in [3.05, 3.63) is 47.9 Å². The molecule has 1 heterocycles. The van der Waals surface area contributed by atoms with E-state index >= 15 is 0 Å². The number of aromatic nitrogens is 2. The average molecular weight is 242 g/mol. The summed E-state index contributed by atoms with van der Waals surface area (Å²) in [7, 11) is 0. The molecule has 0 saturated carbocycles. The molecule has 0 saturated heterocycles. The van der Waals surface area contributed by atoms with E-state index in [1.165, 1.54) is 5.56 Å². The maximum atomic E-state index is 5.60. The quantitative estimate of drug-likeness (QED) is 0.865. The molecule has 0 aliphatic rings. The molecule has 1 aromatic heterocycles. The smallest absolute Gasteiger partial charge is 0.149 e. The number of anilines is 2. The molecule has 0 bridgehead atoms. The van der Waals surface area contributed by atoms with Gasteiger partial charge in [0.1, 0.15) is 11.6 Å². The van der Waals surface area contributed by atoms with E-state index in [2.05, 4.69) is 53.4 Å². The maximum absolute atomic E-state index is 5.60. The van der Waals surface area contributed by atoms with Crippen LogP contribution in [0.25, 0.3) is 0 Å². The van der Waals surface area contributed by atoms with E-state index in [1.807, 2.05) is 0 Å². The Morgan fingerprint density at radius 2 is 1.89 bits per heavy atom. The Kier molecular flexibility index (Phi) is 3.77. The minimum atomic E-state index is 0.497. The summed E-state index contributed by atoms with van der Waals surface area (Å²) in [6, 6.07) is 10.1. The van der Waals surface area contributed by atoms with Crippen LogP contribution in [0.2, 0.25) is 0 Å². The largest absolute Gasteiger partial charge is 0.384 e. The lowest BCUT2D eigenvalue weighted by Gasteiger charge is -2.08. The number of nitrogens with one attached hydrogen (secondary N) is 1. The zero-order valence-electron chi connectivity index (χ0n) is 10.7. The lowest BCUT2D eigenvalue weighted by molar-refractivity contribution is 0.866. The summed E-state index contributed by atoms with van der Waals surface area (Å²) in [5, 5.41) is 3.27. The van der Waals surface area contributed by atoms with Gasteiger partial charge in [-0.1, -0.05) is 26.0 Å². The summed E-state index contributed by atoms with van der Waals surface area (Å²) in [5.74, 6) is 1.75. The Balaban J connectivity index is 1.98. The summed E-state index contributed by atoms with van der Waals surface area (Å²) in [6.45, 7) is 4.94. The fourth-order valence-corrected chi connectivity index (χ4v) is 1.67. The Hall–Kier alpha value is -2.10. The van der Waals surface area contributed by atoms with E-state index in [-0.39, 0.29) is 0 Å². The zero-order valence-corrected chi connectivity index (χ0v) is 10.7. The minimum absolute atomic E-state index is 0.497. The molecule has 2 aromatic rings. The van der Waals surface area contributed by atoms with E-state index in [4.69, 9.17) is 5.73 Å². The standard InChI is InChI=1S/C14H18N4/c1-10(2)11-3-5-12(6-4-11)17-9-14-16-8-7-13(15)18-14/h3-8,10,17H,9H2,1-2H3,(H2,15,16,18). The van der Waals surface area contributed by atoms with Crippen LogP contribution in [0.4, 0.5) is 11.5 Å². The lowest BCUT2D eigenvalue weighted by atomic mass is 10.0. The Bertz CT molecular complexity index is 505. The molecule has 94 valence electrons. The fourth-order valence-electron chi connectivity index (χ4n) is 1.67. The molecule has 0 aliphatic carbocycles. The highest BCUT2D eigenvalue weighted by Gasteiger charge is 2.00. The SMILES string of the molecule is CC(C)c1ccc(NCc2nccc(N)n2)cc1. The van der Waals surface area contributed by atoms with Gasteiger partial charge < -0.3 is 11.1 Å². The molecule has 0 fully saturated rings. The van der Waals surface area contributed by atoms with Gasteiger partial charge in [-0.25, -0.2) is 9.97 Å². The van der Waals surface area contributed by atoms with Gasteiger partial charge in [0.2, 0.25) is 0 Å². The van der Waals surface area contributed by atoms with E-state index in [9.17, 15) is 0 Å². The van der Waals surface area contributed by atoms with Crippen LogP contribution < -0.4 is 11.1 Å². The fraction of sp³-hybridized carbons (Fsp3) is 0.286. The minimum Gasteiger partial charge on any atom is -0.384 e. The number of hydrogen-bond acceptors (Lipinski definition) is 4. The van der Waals surface area contributed by atoms with Crippen molar-refractivity contribution in [2.24, 2.45) is 0 Å². The number of hydrogen-bond donors (Lipinski definition) is 2. The molecule has 0 spiro atoms. The molecule has 0 amide bonds. The second-order valence-electron chi connectivity index (χ2n) is 4.53. The van der Waals surface area contributed by atoms with Crippen molar-refractivity contribution < 1.29 is 0 Å². The second kappa shape index (κ2) is 5.49. The Morgan fingerprint density at radius 1 is 1.17 bits per heavy atom. The first-order valence-corrected chi connectivity index (χ1v) is 6.06. The number of rotatable bonds is 4. The summed E-state index contributed by atoms with van der Waals surface area (Å²) < 4.78 is 0. The van der Waals surface area contributed by atoms with Gasteiger partial charge >= 0.3 is 0 Å². The van der Waals surface area contributed by atoms with Gasteiger partial charge in [-0.15, -0.1) is 0 Å². The van der Waals surface area contributed by atoms with Gasteiger partial charge in [-0.05, 0) is 29.7 Å². The van der Waals surface area contributed by atoms with Crippen LogP contribution in [0.3, 0.4) is 0 Å². The molecular formula is C14H18N4. The summed E-state index contributed by atoms with van der Waals surface area (Å²) in [4.78, 5) is 8.29. The molecule has 4 nitrogen and oxygen atoms in total. The van der Waals surface area contributed by atoms with Gasteiger partial charge in [-0.3, -0.25) is 0 Å². The van der Waals surface area contributed by atoms with Crippen molar-refractivity contribution in [3.63, 3.8) is 0 Å². The van der Waals surface area contributed by atoms with E-state index in [0.717, 1.165) is 5.69 Å². The van der Waals surface area contributed by atoms with Crippen molar-refractivity contribution in [3.8, 4) is 0 Å². The second-order valence-corrected chi connectivity index (χ2v) is 4.53. The van der Waals surface area contributed by atoms with Crippen LogP contribution in [0, 0.1) is 0 Å². The first kappa shape index (κ1) is 12.4. The zero-order chi connectivity index (χ0) is 13.0. The maximum Gasteiger partial charge on any atom is 0.149 e. The monoisotopic (exact) mass is 242 g/mol. The van der Waals surface area contributed by atoms with Gasteiger partial charge in [0.15, 0.2) is 0 Å². The average Bonchev–Trinajstić information content (AvgIpc) is 2.37. The van der Waals surface area contributed by atoms with E-state index in [1.54, 1.807) is 12.3 Å². The molecule has 1 aromatic carbocycles. The molecule has 0 aliphatic heterocycles. The molecule has 4 heteroatoms. The van der Waals surface area contributed by atoms with Crippen molar-refractivity contribution in [2.75, 3.05) is 11.1 Å². The molecule has 0 unspecified atom stereocenters. The third kappa shape index (κ3) is 3.20. The lowest BCUT2D eigenvalue weighted by Crippen LogP contribution is -2.05. The Morgan fingerprint density at radius 3 is 2.50 bits per heavy atom. The van der Waals surface area contributed by atoms with Crippen LogP contribution >= 0.6 is 0 Å². The highest BCUT2D eigenvalue weighted by atomic mass is 15.0. The van der Waals surface area contributed by atoms with E-state index in [0.29, 0.717) is 24.1 Å². The molecular weight excluding hydrogens is 224 g/mol. The van der Waals surface area contributed by atoms with Crippen LogP contribution in [0.5, 0.6) is 0 Å². The van der Waals surface area contributed by atoms with Gasteiger partial charge in [0.05, 0.1) is 6.54 Å².